The number of hydrogen-bond acceptors (Lipinski definition) is 3. The standard InChI is InChI=1S/C18H23NOS/c1-15-5-4-6-18(13-15)20-11-2-3-12-21-14-16-7-9-17(19)10-8-16/h4-10,13H,2-3,11-12,14,19H2,1H3. The number of benzene rings is 2. The largest absolute Gasteiger partial charge is 0.494 e. The minimum Gasteiger partial charge on any atom is -0.494 e. The molecule has 112 valence electrons. The van der Waals surface area contributed by atoms with E-state index in [-0.39, 0.29) is 0 Å². The number of aryl methyl sites for hydroxylation is 1. The first-order valence-electron chi connectivity index (χ1n) is 7.36. The fraction of sp³-hybridized carbons (Fsp3) is 0.333. The fourth-order valence-electron chi connectivity index (χ4n) is 2.01. The summed E-state index contributed by atoms with van der Waals surface area (Å²) in [6, 6.07) is 16.3. The van der Waals surface area contributed by atoms with Gasteiger partial charge in [0.2, 0.25) is 0 Å². The summed E-state index contributed by atoms with van der Waals surface area (Å²) in [5.74, 6) is 3.20. The molecule has 0 spiro atoms. The average molecular weight is 301 g/mol. The summed E-state index contributed by atoms with van der Waals surface area (Å²) in [4.78, 5) is 0. The number of anilines is 1. The van der Waals surface area contributed by atoms with Gasteiger partial charge < -0.3 is 10.5 Å². The molecule has 0 unspecified atom stereocenters. The second-order valence-corrected chi connectivity index (χ2v) is 6.27. The molecule has 2 aromatic carbocycles. The van der Waals surface area contributed by atoms with Gasteiger partial charge in [-0.3, -0.25) is 0 Å². The number of nitrogen functional groups attached to an aromatic ring is 1. The highest BCUT2D eigenvalue weighted by molar-refractivity contribution is 7.98. The van der Waals surface area contributed by atoms with Gasteiger partial charge in [0.15, 0.2) is 0 Å². The van der Waals surface area contributed by atoms with E-state index in [0.29, 0.717) is 0 Å². The third kappa shape index (κ3) is 6.13. The maximum atomic E-state index is 5.74. The SMILES string of the molecule is Cc1cccc(OCCCCSCc2ccc(N)cc2)c1. The van der Waals surface area contributed by atoms with Crippen LogP contribution in [0.4, 0.5) is 5.69 Å². The van der Waals surface area contributed by atoms with Crippen LogP contribution in [0, 0.1) is 6.92 Å². The Morgan fingerprint density at radius 1 is 1.05 bits per heavy atom. The quantitative estimate of drug-likeness (QED) is 0.568. The van der Waals surface area contributed by atoms with Gasteiger partial charge in [0.25, 0.3) is 0 Å². The van der Waals surface area contributed by atoms with Crippen molar-refractivity contribution in [3.05, 3.63) is 59.7 Å². The monoisotopic (exact) mass is 301 g/mol. The van der Waals surface area contributed by atoms with E-state index in [9.17, 15) is 0 Å². The van der Waals surface area contributed by atoms with Crippen LogP contribution in [0.25, 0.3) is 0 Å². The van der Waals surface area contributed by atoms with Crippen LogP contribution in [-0.4, -0.2) is 12.4 Å². The predicted octanol–water partition coefficient (Wildman–Crippen LogP) is 4.67. The smallest absolute Gasteiger partial charge is 0.119 e. The molecule has 0 heterocycles. The van der Waals surface area contributed by atoms with Crippen molar-refractivity contribution in [1.29, 1.82) is 0 Å². The highest BCUT2D eigenvalue weighted by Crippen LogP contribution is 2.16. The van der Waals surface area contributed by atoms with E-state index in [0.717, 1.165) is 30.2 Å². The van der Waals surface area contributed by atoms with E-state index in [2.05, 4.69) is 31.2 Å². The van der Waals surface area contributed by atoms with E-state index in [1.807, 2.05) is 36.0 Å². The molecular formula is C18H23NOS. The molecule has 0 aromatic heterocycles. The molecule has 0 saturated heterocycles. The van der Waals surface area contributed by atoms with Crippen LogP contribution in [0.3, 0.4) is 0 Å². The van der Waals surface area contributed by atoms with Gasteiger partial charge in [-0.2, -0.15) is 11.8 Å². The number of unbranched alkanes of at least 4 members (excludes halogenated alkanes) is 1. The molecule has 21 heavy (non-hydrogen) atoms. The molecular weight excluding hydrogens is 278 g/mol. The second kappa shape index (κ2) is 8.63. The molecule has 0 bridgehead atoms. The lowest BCUT2D eigenvalue weighted by atomic mass is 10.2. The lowest BCUT2D eigenvalue weighted by Crippen LogP contribution is -1.98. The first kappa shape index (κ1) is 15.8. The molecule has 2 nitrogen and oxygen atoms in total. The van der Waals surface area contributed by atoms with Crippen molar-refractivity contribution in [2.45, 2.75) is 25.5 Å². The first-order valence-corrected chi connectivity index (χ1v) is 8.51. The van der Waals surface area contributed by atoms with E-state index < -0.39 is 0 Å². The van der Waals surface area contributed by atoms with Gasteiger partial charge in [0.05, 0.1) is 6.61 Å². The Morgan fingerprint density at radius 3 is 2.62 bits per heavy atom. The zero-order chi connectivity index (χ0) is 14.9. The zero-order valence-electron chi connectivity index (χ0n) is 12.5. The molecule has 0 aliphatic carbocycles. The van der Waals surface area contributed by atoms with Gasteiger partial charge in [-0.1, -0.05) is 24.3 Å². The Kier molecular flexibility index (Phi) is 6.48. The van der Waals surface area contributed by atoms with Gasteiger partial charge in [-0.15, -0.1) is 0 Å². The molecule has 0 fully saturated rings. The highest BCUT2D eigenvalue weighted by atomic mass is 32.2. The minimum absolute atomic E-state index is 0.798. The molecule has 0 aliphatic heterocycles. The summed E-state index contributed by atoms with van der Waals surface area (Å²) in [6.45, 7) is 2.88. The number of thioether (sulfide) groups is 1. The van der Waals surface area contributed by atoms with E-state index in [1.54, 1.807) is 0 Å². The van der Waals surface area contributed by atoms with Crippen LogP contribution in [0.15, 0.2) is 48.5 Å². The molecule has 2 rings (SSSR count). The number of hydrogen-bond donors (Lipinski definition) is 1. The van der Waals surface area contributed by atoms with Crippen molar-refractivity contribution in [2.75, 3.05) is 18.1 Å². The van der Waals surface area contributed by atoms with Gasteiger partial charge in [-0.05, 0) is 60.9 Å². The minimum atomic E-state index is 0.798. The molecule has 0 atom stereocenters. The zero-order valence-corrected chi connectivity index (χ0v) is 13.4. The Bertz CT molecular complexity index is 539. The number of rotatable bonds is 8. The topological polar surface area (TPSA) is 35.2 Å². The van der Waals surface area contributed by atoms with E-state index in [4.69, 9.17) is 10.5 Å². The first-order chi connectivity index (χ1) is 10.2. The summed E-state index contributed by atoms with van der Waals surface area (Å²) >= 11 is 1.96. The molecule has 3 heteroatoms. The van der Waals surface area contributed by atoms with Crippen molar-refractivity contribution < 1.29 is 4.74 Å². The van der Waals surface area contributed by atoms with Crippen molar-refractivity contribution >= 4 is 17.4 Å². The number of ether oxygens (including phenoxy) is 1. The van der Waals surface area contributed by atoms with Crippen molar-refractivity contribution in [3.63, 3.8) is 0 Å². The Hall–Kier alpha value is -1.61. The Balaban J connectivity index is 1.53. The van der Waals surface area contributed by atoms with E-state index in [1.165, 1.54) is 23.3 Å². The van der Waals surface area contributed by atoms with Crippen LogP contribution in [0.5, 0.6) is 5.75 Å². The summed E-state index contributed by atoms with van der Waals surface area (Å²) in [7, 11) is 0. The molecule has 2 N–H and O–H groups in total. The van der Waals surface area contributed by atoms with E-state index >= 15 is 0 Å². The van der Waals surface area contributed by atoms with Crippen molar-refractivity contribution in [2.24, 2.45) is 0 Å². The van der Waals surface area contributed by atoms with Crippen LogP contribution >= 0.6 is 11.8 Å². The fourth-order valence-corrected chi connectivity index (χ4v) is 2.99. The molecule has 2 aromatic rings. The number of nitrogens with two attached hydrogens (primary N) is 1. The second-order valence-electron chi connectivity index (χ2n) is 5.17. The summed E-state index contributed by atoms with van der Waals surface area (Å²) in [5.41, 5.74) is 9.08. The maximum Gasteiger partial charge on any atom is 0.119 e. The molecule has 0 amide bonds. The van der Waals surface area contributed by atoms with Crippen LogP contribution in [-0.2, 0) is 5.75 Å². The molecule has 0 saturated carbocycles. The lowest BCUT2D eigenvalue weighted by Gasteiger charge is -2.07. The molecule has 0 radical (unpaired) electrons. The third-order valence-electron chi connectivity index (χ3n) is 3.19. The van der Waals surface area contributed by atoms with Crippen LogP contribution < -0.4 is 10.5 Å². The third-order valence-corrected chi connectivity index (χ3v) is 4.30. The van der Waals surface area contributed by atoms with Crippen molar-refractivity contribution in [3.8, 4) is 5.75 Å². The molecule has 0 aliphatic rings. The van der Waals surface area contributed by atoms with Crippen molar-refractivity contribution in [1.82, 2.24) is 0 Å². The normalized spacial score (nSPS) is 10.5. The van der Waals surface area contributed by atoms with Crippen LogP contribution in [0.2, 0.25) is 0 Å². The van der Waals surface area contributed by atoms with Gasteiger partial charge in [0.1, 0.15) is 5.75 Å². The summed E-state index contributed by atoms with van der Waals surface area (Å²) < 4.78 is 5.74. The highest BCUT2D eigenvalue weighted by Gasteiger charge is 1.96. The Labute approximate surface area is 131 Å². The van der Waals surface area contributed by atoms with Gasteiger partial charge in [-0.25, -0.2) is 0 Å². The maximum absolute atomic E-state index is 5.74. The van der Waals surface area contributed by atoms with Gasteiger partial charge in [0, 0.05) is 11.4 Å². The van der Waals surface area contributed by atoms with Gasteiger partial charge >= 0.3 is 0 Å². The summed E-state index contributed by atoms with van der Waals surface area (Å²) in [5, 5.41) is 0. The Morgan fingerprint density at radius 2 is 1.86 bits per heavy atom. The average Bonchev–Trinajstić information content (AvgIpc) is 2.48. The lowest BCUT2D eigenvalue weighted by molar-refractivity contribution is 0.309. The summed E-state index contributed by atoms with van der Waals surface area (Å²) in [6.07, 6.45) is 2.29. The van der Waals surface area contributed by atoms with Crippen LogP contribution in [0.1, 0.15) is 24.0 Å². The predicted molar refractivity (Wildman–Crippen MR) is 92.9 cm³/mol.